The fourth-order valence-electron chi connectivity index (χ4n) is 3.10. The lowest BCUT2D eigenvalue weighted by Gasteiger charge is -2.12. The van der Waals surface area contributed by atoms with Gasteiger partial charge in [-0.3, -0.25) is 18.8 Å². The standard InChI is InChI=1S/C20H23N5O4S/c1-5-24-18(27)17-16(12(3)23-25(17)6-2)22-20(24)30-11-15(26)21-14-10-8-7-9-13(14)19(28)29-4/h7-10H,5-6,11H2,1-4H3,(H,21,26). The summed E-state index contributed by atoms with van der Waals surface area (Å²) < 4.78 is 7.93. The molecule has 1 amide bonds. The number of nitrogens with zero attached hydrogens (tertiary/aromatic N) is 4. The SMILES string of the molecule is CCn1c(SCC(=O)Nc2ccccc2C(=O)OC)nc2c(C)nn(CC)c2c1=O. The van der Waals surface area contributed by atoms with Gasteiger partial charge in [-0.2, -0.15) is 5.10 Å². The van der Waals surface area contributed by atoms with Gasteiger partial charge in [-0.05, 0) is 32.9 Å². The number of hydrogen-bond donors (Lipinski definition) is 1. The first-order valence-corrected chi connectivity index (χ1v) is 10.5. The fourth-order valence-corrected chi connectivity index (χ4v) is 3.96. The van der Waals surface area contributed by atoms with E-state index in [1.165, 1.54) is 11.7 Å². The third kappa shape index (κ3) is 4.09. The van der Waals surface area contributed by atoms with E-state index in [4.69, 9.17) is 4.74 Å². The summed E-state index contributed by atoms with van der Waals surface area (Å²) >= 11 is 1.16. The summed E-state index contributed by atoms with van der Waals surface area (Å²) in [5, 5.41) is 7.55. The summed E-state index contributed by atoms with van der Waals surface area (Å²) in [5.74, 6) is -0.836. The minimum atomic E-state index is -0.533. The molecule has 30 heavy (non-hydrogen) atoms. The molecule has 0 unspecified atom stereocenters. The number of hydrogen-bond acceptors (Lipinski definition) is 7. The number of nitrogens with one attached hydrogen (secondary N) is 1. The molecule has 9 nitrogen and oxygen atoms in total. The molecule has 0 atom stereocenters. The van der Waals surface area contributed by atoms with Gasteiger partial charge in [0.15, 0.2) is 10.7 Å². The average Bonchev–Trinajstić information content (AvgIpc) is 3.08. The summed E-state index contributed by atoms with van der Waals surface area (Å²) in [6.07, 6.45) is 0. The molecule has 0 aliphatic carbocycles. The Labute approximate surface area is 177 Å². The predicted octanol–water partition coefficient (Wildman–Crippen LogP) is 2.46. The quantitative estimate of drug-likeness (QED) is 0.349. The van der Waals surface area contributed by atoms with Crippen LogP contribution in [-0.2, 0) is 22.6 Å². The van der Waals surface area contributed by atoms with Gasteiger partial charge in [0, 0.05) is 13.1 Å². The average molecular weight is 430 g/mol. The second kappa shape index (κ2) is 9.12. The highest BCUT2D eigenvalue weighted by molar-refractivity contribution is 7.99. The molecule has 0 aliphatic rings. The Morgan fingerprint density at radius 2 is 1.93 bits per heavy atom. The third-order valence-electron chi connectivity index (χ3n) is 4.54. The maximum atomic E-state index is 13.0. The molecule has 0 saturated heterocycles. The Hall–Kier alpha value is -3.14. The number of anilines is 1. The number of thioether (sulfide) groups is 1. The van der Waals surface area contributed by atoms with Crippen molar-refractivity contribution in [2.45, 2.75) is 39.0 Å². The first-order chi connectivity index (χ1) is 14.4. The molecule has 0 aliphatic heterocycles. The highest BCUT2D eigenvalue weighted by atomic mass is 32.2. The number of rotatable bonds is 7. The van der Waals surface area contributed by atoms with Crippen molar-refractivity contribution >= 4 is 40.4 Å². The number of para-hydroxylation sites is 1. The summed E-state index contributed by atoms with van der Waals surface area (Å²) in [5.41, 5.74) is 2.15. The van der Waals surface area contributed by atoms with Gasteiger partial charge in [0.1, 0.15) is 5.52 Å². The molecule has 0 fully saturated rings. The molecule has 2 heterocycles. The van der Waals surface area contributed by atoms with E-state index in [2.05, 4.69) is 15.4 Å². The van der Waals surface area contributed by atoms with E-state index in [-0.39, 0.29) is 22.8 Å². The number of aromatic nitrogens is 4. The number of ether oxygens (including phenoxy) is 1. The molecule has 0 spiro atoms. The zero-order chi connectivity index (χ0) is 21.8. The van der Waals surface area contributed by atoms with Gasteiger partial charge in [-0.1, -0.05) is 23.9 Å². The van der Waals surface area contributed by atoms with Gasteiger partial charge in [-0.15, -0.1) is 0 Å². The van der Waals surface area contributed by atoms with Gasteiger partial charge in [0.25, 0.3) is 5.56 Å². The van der Waals surface area contributed by atoms with Crippen molar-refractivity contribution in [1.29, 1.82) is 0 Å². The zero-order valence-corrected chi connectivity index (χ0v) is 18.1. The number of esters is 1. The monoisotopic (exact) mass is 429 g/mol. The van der Waals surface area contributed by atoms with Gasteiger partial charge in [-0.25, -0.2) is 9.78 Å². The molecule has 0 radical (unpaired) electrons. The van der Waals surface area contributed by atoms with Crippen molar-refractivity contribution in [2.24, 2.45) is 0 Å². The van der Waals surface area contributed by atoms with Crippen LogP contribution in [0.25, 0.3) is 11.0 Å². The maximum absolute atomic E-state index is 13.0. The number of aryl methyl sites for hydroxylation is 2. The summed E-state index contributed by atoms with van der Waals surface area (Å²) in [4.78, 5) is 41.9. The zero-order valence-electron chi connectivity index (χ0n) is 17.3. The van der Waals surface area contributed by atoms with E-state index >= 15 is 0 Å². The highest BCUT2D eigenvalue weighted by Gasteiger charge is 2.19. The minimum absolute atomic E-state index is 0.0222. The number of benzene rings is 1. The van der Waals surface area contributed by atoms with Crippen LogP contribution in [0.1, 0.15) is 29.9 Å². The molecule has 3 rings (SSSR count). The van der Waals surface area contributed by atoms with E-state index in [9.17, 15) is 14.4 Å². The maximum Gasteiger partial charge on any atom is 0.339 e. The Balaban J connectivity index is 1.84. The van der Waals surface area contributed by atoms with E-state index in [0.717, 1.165) is 11.8 Å². The van der Waals surface area contributed by atoms with E-state index < -0.39 is 5.97 Å². The largest absolute Gasteiger partial charge is 0.465 e. The van der Waals surface area contributed by atoms with Crippen molar-refractivity contribution in [3.63, 3.8) is 0 Å². The van der Waals surface area contributed by atoms with E-state index in [1.807, 2.05) is 20.8 Å². The van der Waals surface area contributed by atoms with Crippen LogP contribution < -0.4 is 10.9 Å². The van der Waals surface area contributed by atoms with Gasteiger partial charge in [0.05, 0.1) is 29.8 Å². The molecule has 158 valence electrons. The first-order valence-electron chi connectivity index (χ1n) is 9.49. The Kier molecular flexibility index (Phi) is 6.56. The minimum Gasteiger partial charge on any atom is -0.465 e. The van der Waals surface area contributed by atoms with E-state index in [1.54, 1.807) is 28.9 Å². The van der Waals surface area contributed by atoms with Gasteiger partial charge in [0.2, 0.25) is 5.91 Å². The molecule has 3 aromatic rings. The molecule has 10 heteroatoms. The molecule has 0 bridgehead atoms. The van der Waals surface area contributed by atoms with Crippen LogP contribution in [0.3, 0.4) is 0 Å². The fraction of sp³-hybridized carbons (Fsp3) is 0.350. The van der Waals surface area contributed by atoms with Crippen LogP contribution in [0.2, 0.25) is 0 Å². The molecule has 2 aromatic heterocycles. The topological polar surface area (TPSA) is 108 Å². The molecule has 1 aromatic carbocycles. The molecular formula is C20H23N5O4S. The number of carbonyl (C=O) groups excluding carboxylic acids is 2. The van der Waals surface area contributed by atoms with Gasteiger partial charge >= 0.3 is 5.97 Å². The highest BCUT2D eigenvalue weighted by Crippen LogP contribution is 2.21. The Morgan fingerprint density at radius 3 is 2.60 bits per heavy atom. The molecule has 0 saturated carbocycles. The summed E-state index contributed by atoms with van der Waals surface area (Å²) in [7, 11) is 1.28. The summed E-state index contributed by atoms with van der Waals surface area (Å²) in [6.45, 7) is 6.57. The molecule has 1 N–H and O–H groups in total. The number of fused-ring (bicyclic) bond motifs is 1. The first kappa shape index (κ1) is 21.6. The Morgan fingerprint density at radius 1 is 1.20 bits per heavy atom. The van der Waals surface area contributed by atoms with Crippen LogP contribution in [-0.4, -0.2) is 44.1 Å². The number of carbonyl (C=O) groups is 2. The second-order valence-corrected chi connectivity index (χ2v) is 7.36. The number of methoxy groups -OCH3 is 1. The summed E-state index contributed by atoms with van der Waals surface area (Å²) in [6, 6.07) is 6.61. The van der Waals surface area contributed by atoms with Crippen molar-refractivity contribution in [1.82, 2.24) is 19.3 Å². The van der Waals surface area contributed by atoms with Crippen LogP contribution in [0.15, 0.2) is 34.2 Å². The molecular weight excluding hydrogens is 406 g/mol. The normalized spacial score (nSPS) is 10.9. The predicted molar refractivity (Wildman–Crippen MR) is 115 cm³/mol. The van der Waals surface area contributed by atoms with Crippen LogP contribution >= 0.6 is 11.8 Å². The lowest BCUT2D eigenvalue weighted by Crippen LogP contribution is -2.25. The van der Waals surface area contributed by atoms with Crippen LogP contribution in [0.5, 0.6) is 0 Å². The number of amides is 1. The Bertz CT molecular complexity index is 1170. The second-order valence-electron chi connectivity index (χ2n) is 6.42. The van der Waals surface area contributed by atoms with Crippen molar-refractivity contribution in [3.05, 3.63) is 45.9 Å². The van der Waals surface area contributed by atoms with Crippen LogP contribution in [0, 0.1) is 6.92 Å². The lowest BCUT2D eigenvalue weighted by molar-refractivity contribution is -0.113. The smallest absolute Gasteiger partial charge is 0.339 e. The van der Waals surface area contributed by atoms with Crippen molar-refractivity contribution < 1.29 is 14.3 Å². The lowest BCUT2D eigenvalue weighted by atomic mass is 10.2. The third-order valence-corrected chi connectivity index (χ3v) is 5.51. The van der Waals surface area contributed by atoms with Crippen molar-refractivity contribution in [2.75, 3.05) is 18.2 Å². The van der Waals surface area contributed by atoms with E-state index in [0.29, 0.717) is 40.7 Å². The van der Waals surface area contributed by atoms with Crippen LogP contribution in [0.4, 0.5) is 5.69 Å². The van der Waals surface area contributed by atoms with Crippen molar-refractivity contribution in [3.8, 4) is 0 Å². The van der Waals surface area contributed by atoms with Gasteiger partial charge < -0.3 is 10.1 Å².